The number of carbonyl (C=O) groups is 1. The van der Waals surface area contributed by atoms with Gasteiger partial charge in [0.1, 0.15) is 5.75 Å². The summed E-state index contributed by atoms with van der Waals surface area (Å²) < 4.78 is 75.6. The number of ether oxygens (including phenoxy) is 2. The van der Waals surface area contributed by atoms with Crippen LogP contribution < -0.4 is 9.46 Å². The number of rotatable bonds is 6. The third-order valence-corrected chi connectivity index (χ3v) is 4.87. The fraction of sp³-hybridized carbons (Fsp3) is 0.235. The van der Waals surface area contributed by atoms with Gasteiger partial charge in [0.2, 0.25) is 0 Å². The maximum atomic E-state index is 13.0. The highest BCUT2D eigenvalue weighted by molar-refractivity contribution is 7.92. The van der Waals surface area contributed by atoms with Crippen LogP contribution in [0.2, 0.25) is 0 Å². The lowest BCUT2D eigenvalue weighted by atomic mass is 10.2. The zero-order valence-electron chi connectivity index (χ0n) is 14.3. The molecule has 0 radical (unpaired) electrons. The summed E-state index contributed by atoms with van der Waals surface area (Å²) in [7, 11) is -3.08. The van der Waals surface area contributed by atoms with E-state index >= 15 is 0 Å². The lowest BCUT2D eigenvalue weighted by Crippen LogP contribution is -2.17. The number of hydrogen-bond acceptors (Lipinski definition) is 5. The number of methoxy groups -OCH3 is 1. The summed E-state index contributed by atoms with van der Waals surface area (Å²) in [6.07, 6.45) is -4.71. The second-order valence-electron chi connectivity index (χ2n) is 5.44. The molecular weight excluding hydrogens is 387 g/mol. The molecule has 0 aromatic heterocycles. The van der Waals surface area contributed by atoms with Gasteiger partial charge in [-0.3, -0.25) is 4.72 Å². The largest absolute Gasteiger partial charge is 0.482 e. The second-order valence-corrected chi connectivity index (χ2v) is 7.12. The minimum Gasteiger partial charge on any atom is -0.482 e. The number of sulfonamides is 1. The number of alkyl halides is 3. The Bertz CT molecular complexity index is 942. The van der Waals surface area contributed by atoms with Crippen LogP contribution in [0.3, 0.4) is 0 Å². The van der Waals surface area contributed by atoms with Gasteiger partial charge in [0.05, 0.1) is 23.3 Å². The third-order valence-electron chi connectivity index (χ3n) is 3.51. The average Bonchev–Trinajstić information content (AvgIpc) is 2.59. The van der Waals surface area contributed by atoms with E-state index in [2.05, 4.69) is 4.74 Å². The zero-order valence-corrected chi connectivity index (χ0v) is 15.1. The molecule has 0 bridgehead atoms. The normalized spacial score (nSPS) is 11.7. The van der Waals surface area contributed by atoms with Crippen LogP contribution in [-0.2, 0) is 25.7 Å². The van der Waals surface area contributed by atoms with Gasteiger partial charge in [0, 0.05) is 0 Å². The van der Waals surface area contributed by atoms with Crippen molar-refractivity contribution in [2.75, 3.05) is 18.4 Å². The number of aryl methyl sites for hydroxylation is 1. The molecule has 2 rings (SSSR count). The van der Waals surface area contributed by atoms with E-state index in [-0.39, 0.29) is 17.3 Å². The molecule has 27 heavy (non-hydrogen) atoms. The van der Waals surface area contributed by atoms with Crippen molar-refractivity contribution in [3.05, 3.63) is 53.6 Å². The number of benzene rings is 2. The first-order chi connectivity index (χ1) is 12.5. The summed E-state index contributed by atoms with van der Waals surface area (Å²) in [5.41, 5.74) is -1.29. The van der Waals surface area contributed by atoms with Crippen molar-refractivity contribution in [3.8, 4) is 5.75 Å². The van der Waals surface area contributed by atoms with Crippen LogP contribution in [-0.4, -0.2) is 28.1 Å². The van der Waals surface area contributed by atoms with E-state index in [9.17, 15) is 26.4 Å². The summed E-state index contributed by atoms with van der Waals surface area (Å²) in [6.45, 7) is 1.18. The van der Waals surface area contributed by atoms with Crippen LogP contribution in [0.4, 0.5) is 18.9 Å². The van der Waals surface area contributed by atoms with Gasteiger partial charge in [-0.25, -0.2) is 13.2 Å². The Morgan fingerprint density at radius 3 is 2.41 bits per heavy atom. The molecule has 6 nitrogen and oxygen atoms in total. The fourth-order valence-electron chi connectivity index (χ4n) is 2.17. The Hall–Kier alpha value is -2.75. The molecule has 0 aliphatic carbocycles. The first-order valence-electron chi connectivity index (χ1n) is 7.54. The van der Waals surface area contributed by atoms with Crippen molar-refractivity contribution in [1.82, 2.24) is 0 Å². The number of anilines is 1. The molecular formula is C17H16F3NO5S. The van der Waals surface area contributed by atoms with E-state index < -0.39 is 33.4 Å². The van der Waals surface area contributed by atoms with Crippen LogP contribution in [0.15, 0.2) is 47.4 Å². The van der Waals surface area contributed by atoms with Gasteiger partial charge < -0.3 is 9.47 Å². The minimum absolute atomic E-state index is 0.245. The number of carbonyl (C=O) groups excluding carboxylic acids is 1. The predicted molar refractivity (Wildman–Crippen MR) is 90.9 cm³/mol. The molecule has 0 aliphatic rings. The molecule has 2 aromatic carbocycles. The van der Waals surface area contributed by atoms with Crippen molar-refractivity contribution in [2.45, 2.75) is 18.0 Å². The Balaban J connectivity index is 2.28. The second kappa shape index (κ2) is 7.87. The quantitative estimate of drug-likeness (QED) is 0.748. The van der Waals surface area contributed by atoms with E-state index in [0.29, 0.717) is 5.56 Å². The molecule has 1 N–H and O–H groups in total. The molecule has 10 heteroatoms. The van der Waals surface area contributed by atoms with Gasteiger partial charge in [0.25, 0.3) is 10.0 Å². The SMILES string of the molecule is COC(=O)COc1ccc(S(=O)(=O)Nc2ccccc2C(F)(F)F)cc1C. The molecule has 0 saturated heterocycles. The predicted octanol–water partition coefficient (Wildman–Crippen LogP) is 3.37. The minimum atomic E-state index is -4.71. The molecule has 0 spiro atoms. The van der Waals surface area contributed by atoms with Gasteiger partial charge >= 0.3 is 12.1 Å². The molecule has 2 aromatic rings. The lowest BCUT2D eigenvalue weighted by Gasteiger charge is -2.15. The van der Waals surface area contributed by atoms with Gasteiger partial charge in [-0.2, -0.15) is 13.2 Å². The number of para-hydroxylation sites is 1. The average molecular weight is 403 g/mol. The van der Waals surface area contributed by atoms with Crippen LogP contribution in [0.25, 0.3) is 0 Å². The van der Waals surface area contributed by atoms with Crippen molar-refractivity contribution >= 4 is 21.7 Å². The summed E-state index contributed by atoms with van der Waals surface area (Å²) in [5.74, 6) is -0.369. The summed E-state index contributed by atoms with van der Waals surface area (Å²) in [5, 5.41) is 0. The first-order valence-corrected chi connectivity index (χ1v) is 9.02. The molecule has 0 saturated carbocycles. The maximum Gasteiger partial charge on any atom is 0.418 e. The van der Waals surface area contributed by atoms with E-state index in [4.69, 9.17) is 4.74 Å². The van der Waals surface area contributed by atoms with Crippen LogP contribution in [0.1, 0.15) is 11.1 Å². The van der Waals surface area contributed by atoms with E-state index in [1.54, 1.807) is 0 Å². The Morgan fingerprint density at radius 1 is 1.15 bits per heavy atom. The highest BCUT2D eigenvalue weighted by atomic mass is 32.2. The zero-order chi connectivity index (χ0) is 20.2. The first kappa shape index (κ1) is 20.6. The van der Waals surface area contributed by atoms with E-state index in [1.807, 2.05) is 4.72 Å². The van der Waals surface area contributed by atoms with Crippen LogP contribution in [0.5, 0.6) is 5.75 Å². The highest BCUT2D eigenvalue weighted by Crippen LogP contribution is 2.35. The summed E-state index contributed by atoms with van der Waals surface area (Å²) in [4.78, 5) is 10.8. The Labute approximate surface area is 154 Å². The smallest absolute Gasteiger partial charge is 0.418 e. The molecule has 0 unspecified atom stereocenters. The van der Waals surface area contributed by atoms with Gasteiger partial charge in [-0.05, 0) is 42.8 Å². The van der Waals surface area contributed by atoms with Crippen molar-refractivity contribution in [3.63, 3.8) is 0 Å². The fourth-order valence-corrected chi connectivity index (χ4v) is 3.33. The molecule has 146 valence electrons. The van der Waals surface area contributed by atoms with Crippen molar-refractivity contribution < 1.29 is 35.9 Å². The van der Waals surface area contributed by atoms with Gasteiger partial charge in [-0.1, -0.05) is 12.1 Å². The van der Waals surface area contributed by atoms with Gasteiger partial charge in [0.15, 0.2) is 6.61 Å². The monoisotopic (exact) mass is 403 g/mol. The Kier molecular flexibility index (Phi) is 5.99. The van der Waals surface area contributed by atoms with E-state index in [0.717, 1.165) is 24.3 Å². The summed E-state index contributed by atoms with van der Waals surface area (Å²) in [6, 6.07) is 7.97. The summed E-state index contributed by atoms with van der Waals surface area (Å²) >= 11 is 0. The van der Waals surface area contributed by atoms with E-state index in [1.165, 1.54) is 32.2 Å². The van der Waals surface area contributed by atoms with Crippen LogP contribution >= 0.6 is 0 Å². The topological polar surface area (TPSA) is 81.7 Å². The maximum absolute atomic E-state index is 13.0. The lowest BCUT2D eigenvalue weighted by molar-refractivity contribution is -0.143. The molecule has 0 amide bonds. The molecule has 0 atom stereocenters. The van der Waals surface area contributed by atoms with Crippen molar-refractivity contribution in [1.29, 1.82) is 0 Å². The molecule has 0 heterocycles. The standard InChI is InChI=1S/C17H16F3NO5S/c1-11-9-12(7-8-15(11)26-10-16(22)25-2)27(23,24)21-14-6-4-3-5-13(14)17(18,19)20/h3-9,21H,10H2,1-2H3. The number of halogens is 3. The van der Waals surface area contributed by atoms with Crippen molar-refractivity contribution in [2.24, 2.45) is 0 Å². The molecule has 0 fully saturated rings. The highest BCUT2D eigenvalue weighted by Gasteiger charge is 2.34. The number of hydrogen-bond donors (Lipinski definition) is 1. The third kappa shape index (κ3) is 5.13. The van der Waals surface area contributed by atoms with Crippen LogP contribution in [0, 0.1) is 6.92 Å². The van der Waals surface area contributed by atoms with Gasteiger partial charge in [-0.15, -0.1) is 0 Å². The Morgan fingerprint density at radius 2 is 1.81 bits per heavy atom. The number of nitrogens with one attached hydrogen (secondary N) is 1. The number of esters is 1. The molecule has 0 aliphatic heterocycles.